The highest BCUT2D eigenvalue weighted by atomic mass is 32.2. The summed E-state index contributed by atoms with van der Waals surface area (Å²) in [7, 11) is -3.58. The Balaban J connectivity index is 1.55. The van der Waals surface area contributed by atoms with Gasteiger partial charge in [-0.25, -0.2) is 27.9 Å². The van der Waals surface area contributed by atoms with Gasteiger partial charge in [0.15, 0.2) is 26.7 Å². The Labute approximate surface area is 192 Å². The lowest BCUT2D eigenvalue weighted by atomic mass is 9.92. The van der Waals surface area contributed by atoms with Gasteiger partial charge in [-0.1, -0.05) is 0 Å². The highest BCUT2D eigenvalue weighted by molar-refractivity contribution is 7.92. The molecule has 1 aliphatic heterocycles. The average Bonchev–Trinajstić information content (AvgIpc) is 3.47. The van der Waals surface area contributed by atoms with Gasteiger partial charge < -0.3 is 15.2 Å². The van der Waals surface area contributed by atoms with Crippen molar-refractivity contribution in [2.24, 2.45) is 5.92 Å². The molecule has 10 nitrogen and oxygen atoms in total. The van der Waals surface area contributed by atoms with Crippen molar-refractivity contribution in [2.45, 2.75) is 48.3 Å². The predicted octanol–water partition coefficient (Wildman–Crippen LogP) is 2.51. The van der Waals surface area contributed by atoms with Crippen LogP contribution in [0.3, 0.4) is 0 Å². The number of anilines is 1. The number of esters is 1. The van der Waals surface area contributed by atoms with Crippen molar-refractivity contribution in [3.63, 3.8) is 0 Å². The van der Waals surface area contributed by atoms with E-state index in [0.717, 1.165) is 19.0 Å². The summed E-state index contributed by atoms with van der Waals surface area (Å²) < 4.78 is 51.4. The molecule has 3 aromatic heterocycles. The summed E-state index contributed by atoms with van der Waals surface area (Å²) in [5, 5.41) is 3.51. The molecule has 13 heteroatoms. The van der Waals surface area contributed by atoms with Crippen LogP contribution in [0.25, 0.3) is 11.0 Å². The van der Waals surface area contributed by atoms with Crippen molar-refractivity contribution in [1.82, 2.24) is 19.7 Å². The SMILES string of the molecule is Nc1cc(S(=O)(=O)C2CC2)c2cnn([C@@H](CC3CCOCC3)C(=O)Oc3ncc(F)s3)c2n1. The first-order valence-corrected chi connectivity index (χ1v) is 13.0. The largest absolute Gasteiger partial charge is 0.396 e. The van der Waals surface area contributed by atoms with Crippen molar-refractivity contribution in [3.05, 3.63) is 23.6 Å². The van der Waals surface area contributed by atoms with Gasteiger partial charge in [0.25, 0.3) is 5.19 Å². The third kappa shape index (κ3) is 4.44. The summed E-state index contributed by atoms with van der Waals surface area (Å²) in [6, 6.07) is 0.412. The van der Waals surface area contributed by atoms with E-state index < -0.39 is 32.2 Å². The molecule has 4 heterocycles. The number of ether oxygens (including phenoxy) is 2. The van der Waals surface area contributed by atoms with E-state index in [0.29, 0.717) is 49.2 Å². The molecule has 1 atom stereocenters. The lowest BCUT2D eigenvalue weighted by Crippen LogP contribution is -2.29. The van der Waals surface area contributed by atoms with E-state index in [4.69, 9.17) is 15.2 Å². The van der Waals surface area contributed by atoms with E-state index in [9.17, 15) is 17.6 Å². The zero-order valence-corrected chi connectivity index (χ0v) is 19.1. The quantitative estimate of drug-likeness (QED) is 0.490. The molecule has 0 amide bonds. The lowest BCUT2D eigenvalue weighted by Gasteiger charge is -2.25. The van der Waals surface area contributed by atoms with E-state index in [1.807, 2.05) is 0 Å². The number of nitrogens with two attached hydrogens (primary N) is 1. The zero-order valence-electron chi connectivity index (χ0n) is 17.5. The molecule has 1 saturated heterocycles. The van der Waals surface area contributed by atoms with Crippen LogP contribution in [0.4, 0.5) is 10.2 Å². The normalized spacial score (nSPS) is 18.5. The number of carbonyl (C=O) groups excluding carboxylic acids is 1. The third-order valence-electron chi connectivity index (χ3n) is 5.93. The number of nitrogens with zero attached hydrogens (tertiary/aromatic N) is 4. The topological polar surface area (TPSA) is 139 Å². The minimum absolute atomic E-state index is 0.0173. The number of halogens is 1. The minimum Gasteiger partial charge on any atom is -0.396 e. The second-order valence-electron chi connectivity index (χ2n) is 8.27. The van der Waals surface area contributed by atoms with Crippen LogP contribution in [0.2, 0.25) is 0 Å². The van der Waals surface area contributed by atoms with E-state index in [2.05, 4.69) is 15.1 Å². The molecule has 0 bridgehead atoms. The van der Waals surface area contributed by atoms with E-state index in [1.165, 1.54) is 16.9 Å². The van der Waals surface area contributed by atoms with Crippen LogP contribution in [-0.4, -0.2) is 52.6 Å². The van der Waals surface area contributed by atoms with Crippen LogP contribution in [0, 0.1) is 11.0 Å². The molecule has 1 aliphatic carbocycles. The number of sulfone groups is 1. The number of pyridine rings is 1. The summed E-state index contributed by atoms with van der Waals surface area (Å²) in [4.78, 5) is 21.3. The molecule has 2 N–H and O–H groups in total. The van der Waals surface area contributed by atoms with E-state index in [1.54, 1.807) is 0 Å². The smallest absolute Gasteiger partial charge is 0.338 e. The summed E-state index contributed by atoms with van der Waals surface area (Å²) in [5.74, 6) is -0.514. The summed E-state index contributed by atoms with van der Waals surface area (Å²) in [6.07, 6.45) is 5.45. The van der Waals surface area contributed by atoms with Crippen molar-refractivity contribution in [1.29, 1.82) is 0 Å². The highest BCUT2D eigenvalue weighted by Gasteiger charge is 2.39. The predicted molar refractivity (Wildman–Crippen MR) is 117 cm³/mol. The monoisotopic (exact) mass is 495 g/mol. The van der Waals surface area contributed by atoms with Crippen molar-refractivity contribution in [2.75, 3.05) is 18.9 Å². The summed E-state index contributed by atoms with van der Waals surface area (Å²) in [5.41, 5.74) is 6.15. The number of hydrogen-bond acceptors (Lipinski definition) is 10. The van der Waals surface area contributed by atoms with Gasteiger partial charge in [0, 0.05) is 13.2 Å². The second-order valence-corrected chi connectivity index (χ2v) is 11.4. The van der Waals surface area contributed by atoms with Crippen LogP contribution in [0.5, 0.6) is 5.19 Å². The first-order chi connectivity index (χ1) is 15.8. The Morgan fingerprint density at radius 2 is 2.06 bits per heavy atom. The molecule has 176 valence electrons. The fraction of sp³-hybridized carbons (Fsp3) is 0.500. The molecule has 1 saturated carbocycles. The van der Waals surface area contributed by atoms with Gasteiger partial charge in [-0.05, 0) is 55.4 Å². The van der Waals surface area contributed by atoms with Crippen LogP contribution in [0.15, 0.2) is 23.4 Å². The Bertz CT molecular complexity index is 1300. The molecule has 0 radical (unpaired) electrons. The maximum atomic E-state index is 13.4. The fourth-order valence-electron chi connectivity index (χ4n) is 4.06. The molecule has 2 fully saturated rings. The fourth-order valence-corrected chi connectivity index (χ4v) is 6.42. The Morgan fingerprint density at radius 3 is 2.73 bits per heavy atom. The highest BCUT2D eigenvalue weighted by Crippen LogP contribution is 2.38. The molecular weight excluding hydrogens is 473 g/mol. The molecule has 3 aromatic rings. The second kappa shape index (κ2) is 8.61. The molecule has 0 unspecified atom stereocenters. The van der Waals surface area contributed by atoms with Crippen molar-refractivity contribution in [3.8, 4) is 5.19 Å². The standard InChI is InChI=1S/C20H22FN5O5S2/c21-16-10-23-20(32-16)31-19(27)14(7-11-3-5-30-6-4-11)26-18-13(9-24-26)15(8-17(22)25-18)33(28,29)12-1-2-12/h8-12,14H,1-7H2,(H2,22,25)/t14-/m0/s1. The number of thiazole rings is 1. The zero-order chi connectivity index (χ0) is 23.2. The number of nitrogen functional groups attached to an aromatic ring is 1. The molecule has 5 rings (SSSR count). The minimum atomic E-state index is -3.58. The number of fused-ring (bicyclic) bond motifs is 1. The van der Waals surface area contributed by atoms with Gasteiger partial charge >= 0.3 is 5.97 Å². The molecule has 0 spiro atoms. The van der Waals surface area contributed by atoms with Crippen LogP contribution < -0.4 is 10.5 Å². The number of aromatic nitrogens is 4. The summed E-state index contributed by atoms with van der Waals surface area (Å²) >= 11 is 0.613. The van der Waals surface area contributed by atoms with Gasteiger partial charge in [0.1, 0.15) is 5.82 Å². The molecule has 33 heavy (non-hydrogen) atoms. The maximum absolute atomic E-state index is 13.4. The first kappa shape index (κ1) is 22.2. The van der Waals surface area contributed by atoms with Gasteiger partial charge in [0.05, 0.1) is 27.9 Å². The van der Waals surface area contributed by atoms with Crippen molar-refractivity contribution < 1.29 is 27.1 Å². The van der Waals surface area contributed by atoms with E-state index in [-0.39, 0.29) is 27.5 Å². The third-order valence-corrected chi connectivity index (χ3v) is 8.89. The van der Waals surface area contributed by atoms with Gasteiger partial charge in [-0.2, -0.15) is 9.49 Å². The maximum Gasteiger partial charge on any atom is 0.338 e. The Hall–Kier alpha value is -2.64. The van der Waals surface area contributed by atoms with Gasteiger partial charge in [0.2, 0.25) is 0 Å². The average molecular weight is 496 g/mol. The summed E-state index contributed by atoms with van der Waals surface area (Å²) in [6.45, 7) is 1.16. The first-order valence-electron chi connectivity index (χ1n) is 10.6. The number of carbonyl (C=O) groups is 1. The van der Waals surface area contributed by atoms with Gasteiger partial charge in [-0.3, -0.25) is 0 Å². The lowest BCUT2D eigenvalue weighted by molar-refractivity contribution is -0.139. The van der Waals surface area contributed by atoms with Gasteiger partial charge in [-0.15, -0.1) is 0 Å². The van der Waals surface area contributed by atoms with Crippen molar-refractivity contribution >= 4 is 44.0 Å². The van der Waals surface area contributed by atoms with E-state index >= 15 is 0 Å². The number of rotatable bonds is 7. The van der Waals surface area contributed by atoms with Crippen LogP contribution >= 0.6 is 11.3 Å². The van der Waals surface area contributed by atoms with Crippen LogP contribution in [0.1, 0.15) is 38.1 Å². The van der Waals surface area contributed by atoms with Crippen LogP contribution in [-0.2, 0) is 19.4 Å². The Morgan fingerprint density at radius 1 is 1.30 bits per heavy atom. The molecular formula is C20H22FN5O5S2. The number of hydrogen-bond donors (Lipinski definition) is 1. The molecule has 0 aromatic carbocycles. The molecule has 2 aliphatic rings. The Kier molecular flexibility index (Phi) is 5.79.